The highest BCUT2D eigenvalue weighted by molar-refractivity contribution is 6.43. The summed E-state index contributed by atoms with van der Waals surface area (Å²) in [7, 11) is 0. The first-order valence-electron chi connectivity index (χ1n) is 19.8. The maximum absolute atomic E-state index is 12.2. The van der Waals surface area contributed by atoms with Gasteiger partial charge in [0.05, 0.1) is 28.0 Å². The number of aliphatic imine (C=N–C) groups is 1. The molecule has 0 amide bonds. The van der Waals surface area contributed by atoms with Crippen molar-refractivity contribution in [1.82, 2.24) is 4.90 Å². The topological polar surface area (TPSA) is 63.6 Å². The fraction of sp³-hybridized carbons (Fsp3) is 0.467. The van der Waals surface area contributed by atoms with Crippen LogP contribution in [0.3, 0.4) is 0 Å². The first kappa shape index (κ1) is 43.0. The van der Waals surface area contributed by atoms with E-state index in [1.807, 2.05) is 30.3 Å². The van der Waals surface area contributed by atoms with Crippen LogP contribution in [0, 0.1) is 0 Å². The zero-order valence-corrected chi connectivity index (χ0v) is 33.6. The normalized spacial score (nSPS) is 15.2. The van der Waals surface area contributed by atoms with Crippen molar-refractivity contribution < 1.29 is 19.0 Å². The molecular formula is C45H59Cl2N3O4. The summed E-state index contributed by atoms with van der Waals surface area (Å²) in [6.45, 7) is 7.66. The van der Waals surface area contributed by atoms with Gasteiger partial charge in [0.2, 0.25) is 6.79 Å². The highest BCUT2D eigenvalue weighted by Gasteiger charge is 2.20. The molecule has 0 atom stereocenters. The second-order valence-corrected chi connectivity index (χ2v) is 14.3. The van der Waals surface area contributed by atoms with Crippen LogP contribution in [-0.4, -0.2) is 62.9 Å². The number of halogens is 2. The quantitative estimate of drug-likeness (QED) is 0.0485. The molecule has 0 radical (unpaired) electrons. The van der Waals surface area contributed by atoms with Gasteiger partial charge in [-0.25, -0.2) is 4.99 Å². The number of ether oxygens (including phenoxy) is 3. The smallest absolute Gasteiger partial charge is 0.308 e. The molecule has 0 spiro atoms. The molecule has 2 aliphatic rings. The van der Waals surface area contributed by atoms with Gasteiger partial charge in [0.1, 0.15) is 5.75 Å². The summed E-state index contributed by atoms with van der Waals surface area (Å²) in [4.78, 5) is 21.7. The Hall–Kier alpha value is -3.78. The number of hydrogen-bond donors (Lipinski definition) is 0. The maximum Gasteiger partial charge on any atom is 0.308 e. The molecule has 1 fully saturated rings. The molecule has 0 bridgehead atoms. The molecule has 4 rings (SSSR count). The molecule has 1 saturated heterocycles. The van der Waals surface area contributed by atoms with Crippen LogP contribution in [-0.2, 0) is 20.7 Å². The van der Waals surface area contributed by atoms with Gasteiger partial charge in [-0.1, -0.05) is 109 Å². The molecular weight excluding hydrogens is 717 g/mol. The zero-order chi connectivity index (χ0) is 38.1. The highest BCUT2D eigenvalue weighted by atomic mass is 35.5. The largest absolute Gasteiger partial charge is 0.494 e. The number of benzene rings is 2. The van der Waals surface area contributed by atoms with Crippen LogP contribution >= 0.6 is 23.2 Å². The molecule has 9 heteroatoms. The van der Waals surface area contributed by atoms with E-state index in [9.17, 15) is 4.79 Å². The van der Waals surface area contributed by atoms with Crippen molar-refractivity contribution in [1.29, 1.82) is 0 Å². The number of nitrogens with zero attached hydrogens (tertiary/aromatic N) is 3. The Morgan fingerprint density at radius 1 is 0.778 bits per heavy atom. The van der Waals surface area contributed by atoms with Gasteiger partial charge in [0, 0.05) is 45.1 Å². The molecule has 2 heterocycles. The highest BCUT2D eigenvalue weighted by Crippen LogP contribution is 2.33. The number of allylic oxidation sites excluding steroid dienone is 10. The Kier molecular flexibility index (Phi) is 20.8. The fourth-order valence-corrected chi connectivity index (χ4v) is 6.56. The summed E-state index contributed by atoms with van der Waals surface area (Å²) in [6, 6.07) is 11.9. The molecule has 54 heavy (non-hydrogen) atoms. The minimum atomic E-state index is -0.255. The number of unbranched alkanes of at least 4 members (excludes halogenated alkanes) is 3. The summed E-state index contributed by atoms with van der Waals surface area (Å²) >= 11 is 12.6. The van der Waals surface area contributed by atoms with E-state index >= 15 is 0 Å². The van der Waals surface area contributed by atoms with E-state index in [0.717, 1.165) is 113 Å². The summed E-state index contributed by atoms with van der Waals surface area (Å²) in [5.41, 5.74) is 3.03. The van der Waals surface area contributed by atoms with Crippen molar-refractivity contribution in [3.63, 3.8) is 0 Å². The number of carbonyl (C=O) groups excluding carboxylic acids is 1. The van der Waals surface area contributed by atoms with Crippen LogP contribution in [0.4, 0.5) is 11.4 Å². The Labute approximate surface area is 334 Å². The lowest BCUT2D eigenvalue weighted by Gasteiger charge is -2.36. The molecule has 292 valence electrons. The standard InChI is InChI=1S/C45H59Cl2N3O4/c1-2-3-4-5-6-7-8-9-10-11-12-13-14-15-16-17-18-19-25-44(51)54-37-53-43-29-27-38-26-28-39(36-41(38)48-43)52-35-21-20-30-49-31-33-50(34-32-49)42-24-22-23-40(46)45(42)47/h4-5,7-8,10-11,13-14,16-17,22-24,26,28,36H,2-3,6,9,12,15,18-21,25,27,29-35,37H2,1H3/b5-4-,8-7-,11-10-,14-13-,17-16-. The molecule has 2 aromatic carbocycles. The third kappa shape index (κ3) is 16.7. The number of esters is 1. The first-order valence-corrected chi connectivity index (χ1v) is 20.6. The van der Waals surface area contributed by atoms with Crippen LogP contribution in [0.25, 0.3) is 0 Å². The van der Waals surface area contributed by atoms with Crippen LogP contribution in [0.2, 0.25) is 10.0 Å². The van der Waals surface area contributed by atoms with E-state index in [0.29, 0.717) is 35.4 Å². The lowest BCUT2D eigenvalue weighted by Crippen LogP contribution is -2.46. The average molecular weight is 777 g/mol. The van der Waals surface area contributed by atoms with E-state index in [-0.39, 0.29) is 12.8 Å². The van der Waals surface area contributed by atoms with Crippen LogP contribution in [0.1, 0.15) is 89.5 Å². The van der Waals surface area contributed by atoms with Gasteiger partial charge in [0.15, 0.2) is 5.90 Å². The molecule has 0 unspecified atom stereocenters. The third-order valence-electron chi connectivity index (χ3n) is 9.27. The minimum Gasteiger partial charge on any atom is -0.494 e. The number of anilines is 1. The van der Waals surface area contributed by atoms with Crippen molar-refractivity contribution in [2.24, 2.45) is 4.99 Å². The van der Waals surface area contributed by atoms with Gasteiger partial charge in [-0.15, -0.1) is 0 Å². The maximum atomic E-state index is 12.2. The Morgan fingerprint density at radius 2 is 1.46 bits per heavy atom. The number of hydrogen-bond acceptors (Lipinski definition) is 7. The average Bonchev–Trinajstić information content (AvgIpc) is 3.18. The summed E-state index contributed by atoms with van der Waals surface area (Å²) in [5, 5.41) is 1.24. The monoisotopic (exact) mass is 775 g/mol. The molecule has 0 aromatic heterocycles. The second-order valence-electron chi connectivity index (χ2n) is 13.5. The van der Waals surface area contributed by atoms with Crippen molar-refractivity contribution in [3.05, 3.63) is 113 Å². The van der Waals surface area contributed by atoms with Crippen LogP contribution in [0.15, 0.2) is 102 Å². The molecule has 2 aliphatic heterocycles. The summed E-state index contributed by atoms with van der Waals surface area (Å²) in [6.07, 6.45) is 33.7. The van der Waals surface area contributed by atoms with E-state index in [2.05, 4.69) is 88.5 Å². The van der Waals surface area contributed by atoms with Crippen molar-refractivity contribution in [3.8, 4) is 5.75 Å². The minimum absolute atomic E-state index is 0.117. The lowest BCUT2D eigenvalue weighted by atomic mass is 10.0. The molecule has 2 aromatic rings. The number of piperazine rings is 1. The summed E-state index contributed by atoms with van der Waals surface area (Å²) < 4.78 is 17.1. The van der Waals surface area contributed by atoms with Crippen molar-refractivity contribution in [2.45, 2.75) is 90.4 Å². The van der Waals surface area contributed by atoms with Gasteiger partial charge in [0.25, 0.3) is 0 Å². The van der Waals surface area contributed by atoms with Crippen LogP contribution in [0.5, 0.6) is 5.75 Å². The van der Waals surface area contributed by atoms with Gasteiger partial charge >= 0.3 is 5.97 Å². The SMILES string of the molecule is CCC/C=C\C/C=C\C/C=C\C/C=C\C/C=C\CCCC(=O)OCOC1=Nc2cc(OCCCCN3CCN(c4cccc(Cl)c4Cl)CC3)ccc2CC1. The molecule has 0 aliphatic carbocycles. The van der Waals surface area contributed by atoms with Crippen LogP contribution < -0.4 is 9.64 Å². The van der Waals surface area contributed by atoms with E-state index in [4.69, 9.17) is 37.4 Å². The molecule has 7 nitrogen and oxygen atoms in total. The van der Waals surface area contributed by atoms with Gasteiger partial charge in [-0.2, -0.15) is 0 Å². The van der Waals surface area contributed by atoms with E-state index in [1.165, 1.54) is 12.8 Å². The van der Waals surface area contributed by atoms with Gasteiger partial charge in [-0.05, 0) is 94.5 Å². The number of carbonyl (C=O) groups is 1. The van der Waals surface area contributed by atoms with Crippen molar-refractivity contribution in [2.75, 3.05) is 51.0 Å². The fourth-order valence-electron chi connectivity index (χ4n) is 6.15. The van der Waals surface area contributed by atoms with Gasteiger partial charge in [-0.3, -0.25) is 9.69 Å². The Bertz CT molecular complexity index is 1590. The Balaban J connectivity index is 1.01. The number of fused-ring (bicyclic) bond motifs is 1. The molecule has 0 saturated carbocycles. The third-order valence-corrected chi connectivity index (χ3v) is 10.1. The Morgan fingerprint density at radius 3 is 2.17 bits per heavy atom. The van der Waals surface area contributed by atoms with E-state index < -0.39 is 0 Å². The number of aryl methyl sites for hydroxylation is 1. The lowest BCUT2D eigenvalue weighted by molar-refractivity contribution is -0.151. The summed E-state index contributed by atoms with van der Waals surface area (Å²) in [5.74, 6) is 1.13. The number of rotatable bonds is 23. The van der Waals surface area contributed by atoms with E-state index in [1.54, 1.807) is 0 Å². The predicted octanol–water partition coefficient (Wildman–Crippen LogP) is 11.8. The molecule has 0 N–H and O–H groups in total. The zero-order valence-electron chi connectivity index (χ0n) is 32.1. The van der Waals surface area contributed by atoms with Gasteiger partial charge < -0.3 is 19.1 Å². The predicted molar refractivity (Wildman–Crippen MR) is 227 cm³/mol. The second kappa shape index (κ2) is 26.1. The van der Waals surface area contributed by atoms with Crippen molar-refractivity contribution >= 4 is 46.4 Å². The first-order chi connectivity index (χ1) is 26.5.